The first kappa shape index (κ1) is 22.6. The summed E-state index contributed by atoms with van der Waals surface area (Å²) in [5.74, 6) is 0.113. The molecule has 1 aromatic heterocycles. The number of carbonyl (C=O) groups is 2. The van der Waals surface area contributed by atoms with Gasteiger partial charge in [0, 0.05) is 43.3 Å². The molecule has 1 aliphatic rings. The van der Waals surface area contributed by atoms with E-state index in [9.17, 15) is 9.59 Å². The van der Waals surface area contributed by atoms with Crippen LogP contribution in [0, 0.1) is 6.92 Å². The van der Waals surface area contributed by atoms with Gasteiger partial charge in [-0.25, -0.2) is 4.98 Å². The molecule has 1 N–H and O–H groups in total. The third kappa shape index (κ3) is 5.22. The number of thiazole rings is 1. The molecule has 32 heavy (non-hydrogen) atoms. The number of anilines is 2. The van der Waals surface area contributed by atoms with Gasteiger partial charge in [0.15, 0.2) is 5.13 Å². The number of fused-ring (bicyclic) bond motifs is 1. The highest BCUT2D eigenvalue weighted by Gasteiger charge is 2.22. The standard InChI is InChI=1S/C24H27ClN4O2S/c1-3-4-22(30)27-24-26-19-8-6-17(13-21(19)32-24)14-23(31)29-11-9-28(10-12-29)20-15-18(25)7-5-16(20)2/h5-8,13,15H,3-4,9-12,14H2,1-2H3,(H,26,27,30). The van der Waals surface area contributed by atoms with Gasteiger partial charge in [-0.3, -0.25) is 9.59 Å². The van der Waals surface area contributed by atoms with Gasteiger partial charge in [-0.15, -0.1) is 0 Å². The van der Waals surface area contributed by atoms with Crippen molar-refractivity contribution in [1.29, 1.82) is 0 Å². The smallest absolute Gasteiger partial charge is 0.227 e. The molecule has 0 spiro atoms. The minimum atomic E-state index is -0.0194. The fraction of sp³-hybridized carbons (Fsp3) is 0.375. The largest absolute Gasteiger partial charge is 0.368 e. The molecule has 0 unspecified atom stereocenters. The van der Waals surface area contributed by atoms with Crippen molar-refractivity contribution in [2.24, 2.45) is 0 Å². The number of amides is 2. The Bertz CT molecular complexity index is 1140. The quantitative estimate of drug-likeness (QED) is 0.557. The maximum absolute atomic E-state index is 12.9. The summed E-state index contributed by atoms with van der Waals surface area (Å²) in [5, 5.41) is 4.19. The molecular weight excluding hydrogens is 444 g/mol. The van der Waals surface area contributed by atoms with Crippen LogP contribution in [0.2, 0.25) is 5.02 Å². The lowest BCUT2D eigenvalue weighted by atomic mass is 10.1. The summed E-state index contributed by atoms with van der Waals surface area (Å²) in [6, 6.07) is 11.8. The first-order chi connectivity index (χ1) is 15.4. The number of carbonyl (C=O) groups excluding carboxylic acids is 2. The Morgan fingerprint density at radius 1 is 1.12 bits per heavy atom. The molecule has 3 aromatic rings. The molecule has 0 radical (unpaired) electrons. The number of nitrogens with zero attached hydrogens (tertiary/aromatic N) is 3. The van der Waals surface area contributed by atoms with E-state index in [1.165, 1.54) is 16.9 Å². The lowest BCUT2D eigenvalue weighted by Gasteiger charge is -2.37. The Labute approximate surface area is 197 Å². The first-order valence-electron chi connectivity index (χ1n) is 10.9. The van der Waals surface area contributed by atoms with Crippen molar-refractivity contribution < 1.29 is 9.59 Å². The number of nitrogens with one attached hydrogen (secondary N) is 1. The molecule has 0 atom stereocenters. The van der Waals surface area contributed by atoms with Crippen LogP contribution >= 0.6 is 22.9 Å². The number of benzene rings is 2. The number of aryl methyl sites for hydroxylation is 1. The van der Waals surface area contributed by atoms with E-state index in [1.807, 2.05) is 48.2 Å². The zero-order valence-electron chi connectivity index (χ0n) is 18.4. The van der Waals surface area contributed by atoms with E-state index in [1.54, 1.807) is 0 Å². The number of aromatic nitrogens is 1. The van der Waals surface area contributed by atoms with Crippen molar-refractivity contribution in [1.82, 2.24) is 9.88 Å². The van der Waals surface area contributed by atoms with Gasteiger partial charge >= 0.3 is 0 Å². The Kier molecular flexibility index (Phi) is 6.96. The second-order valence-corrected chi connectivity index (χ2v) is 9.56. The van der Waals surface area contributed by atoms with Crippen LogP contribution in [0.5, 0.6) is 0 Å². The summed E-state index contributed by atoms with van der Waals surface area (Å²) < 4.78 is 0.975. The normalized spacial score (nSPS) is 14.1. The number of halogens is 1. The molecule has 1 fully saturated rings. The van der Waals surface area contributed by atoms with E-state index in [0.717, 1.165) is 46.0 Å². The van der Waals surface area contributed by atoms with Crippen LogP contribution < -0.4 is 10.2 Å². The molecule has 1 saturated heterocycles. The van der Waals surface area contributed by atoms with Crippen molar-refractivity contribution in [2.45, 2.75) is 33.1 Å². The van der Waals surface area contributed by atoms with Crippen molar-refractivity contribution >= 4 is 55.8 Å². The second kappa shape index (κ2) is 9.88. The summed E-state index contributed by atoms with van der Waals surface area (Å²) in [6.45, 7) is 7.03. The van der Waals surface area contributed by atoms with Crippen LogP contribution in [-0.2, 0) is 16.0 Å². The third-order valence-corrected chi connectivity index (χ3v) is 6.84. The van der Waals surface area contributed by atoms with Crippen molar-refractivity contribution in [3.63, 3.8) is 0 Å². The molecule has 1 aliphatic heterocycles. The lowest BCUT2D eigenvalue weighted by Crippen LogP contribution is -2.49. The SMILES string of the molecule is CCCC(=O)Nc1nc2ccc(CC(=O)N3CCN(c4cc(Cl)ccc4C)CC3)cc2s1. The van der Waals surface area contributed by atoms with Crippen LogP contribution in [0.25, 0.3) is 10.2 Å². The Balaban J connectivity index is 1.36. The molecular formula is C24H27ClN4O2S. The van der Waals surface area contributed by atoms with Crippen molar-refractivity contribution in [3.8, 4) is 0 Å². The highest BCUT2D eigenvalue weighted by atomic mass is 35.5. The molecule has 6 nitrogen and oxygen atoms in total. The number of rotatable bonds is 6. The first-order valence-corrected chi connectivity index (χ1v) is 12.1. The van der Waals surface area contributed by atoms with Crippen molar-refractivity contribution in [2.75, 3.05) is 36.4 Å². The van der Waals surface area contributed by atoms with Gasteiger partial charge in [0.25, 0.3) is 0 Å². The minimum Gasteiger partial charge on any atom is -0.368 e. The molecule has 8 heteroatoms. The molecule has 0 bridgehead atoms. The molecule has 2 aromatic carbocycles. The molecule has 0 saturated carbocycles. The summed E-state index contributed by atoms with van der Waals surface area (Å²) in [7, 11) is 0. The molecule has 0 aliphatic carbocycles. The molecule has 2 amide bonds. The summed E-state index contributed by atoms with van der Waals surface area (Å²) in [5.41, 5.74) is 4.13. The van der Waals surface area contributed by atoms with Gasteiger partial charge in [0.2, 0.25) is 11.8 Å². The molecule has 168 valence electrons. The average molecular weight is 471 g/mol. The monoisotopic (exact) mass is 470 g/mol. The van der Waals surface area contributed by atoms with Crippen LogP contribution in [0.3, 0.4) is 0 Å². The molecule has 4 rings (SSSR count). The van der Waals surface area contributed by atoms with E-state index >= 15 is 0 Å². The van der Waals surface area contributed by atoms with Gasteiger partial charge in [0.1, 0.15) is 0 Å². The van der Waals surface area contributed by atoms with Gasteiger partial charge in [-0.1, -0.05) is 42.0 Å². The zero-order valence-corrected chi connectivity index (χ0v) is 19.9. The van der Waals surface area contributed by atoms with Crippen LogP contribution in [0.15, 0.2) is 36.4 Å². The van der Waals surface area contributed by atoms with Crippen molar-refractivity contribution in [3.05, 3.63) is 52.5 Å². The van der Waals surface area contributed by atoms with E-state index in [0.29, 0.717) is 31.1 Å². The van der Waals surface area contributed by atoms with E-state index in [-0.39, 0.29) is 11.8 Å². The van der Waals surface area contributed by atoms with Crippen LogP contribution in [0.4, 0.5) is 10.8 Å². The van der Waals surface area contributed by atoms with E-state index < -0.39 is 0 Å². The third-order valence-electron chi connectivity index (χ3n) is 5.68. The predicted molar refractivity (Wildman–Crippen MR) is 132 cm³/mol. The maximum Gasteiger partial charge on any atom is 0.227 e. The van der Waals surface area contributed by atoms with Gasteiger partial charge < -0.3 is 15.1 Å². The van der Waals surface area contributed by atoms with Crippen LogP contribution in [-0.4, -0.2) is 47.9 Å². The zero-order chi connectivity index (χ0) is 22.7. The highest BCUT2D eigenvalue weighted by molar-refractivity contribution is 7.22. The van der Waals surface area contributed by atoms with E-state index in [2.05, 4.69) is 22.1 Å². The number of hydrogen-bond acceptors (Lipinski definition) is 5. The minimum absolute atomic E-state index is 0.0194. The molecule has 2 heterocycles. The maximum atomic E-state index is 12.9. The van der Waals surface area contributed by atoms with Gasteiger partial charge in [-0.2, -0.15) is 0 Å². The number of hydrogen-bond donors (Lipinski definition) is 1. The van der Waals surface area contributed by atoms with Gasteiger partial charge in [0.05, 0.1) is 16.6 Å². The van der Waals surface area contributed by atoms with E-state index in [4.69, 9.17) is 11.6 Å². The Morgan fingerprint density at radius 3 is 2.66 bits per heavy atom. The topological polar surface area (TPSA) is 65.5 Å². The summed E-state index contributed by atoms with van der Waals surface area (Å²) in [6.07, 6.45) is 1.65. The average Bonchev–Trinajstić information content (AvgIpc) is 3.17. The summed E-state index contributed by atoms with van der Waals surface area (Å²) >= 11 is 7.62. The Hall–Kier alpha value is -2.64. The highest BCUT2D eigenvalue weighted by Crippen LogP contribution is 2.28. The fourth-order valence-electron chi connectivity index (χ4n) is 3.95. The second-order valence-electron chi connectivity index (χ2n) is 8.09. The lowest BCUT2D eigenvalue weighted by molar-refractivity contribution is -0.130. The Morgan fingerprint density at radius 2 is 1.91 bits per heavy atom. The number of piperazine rings is 1. The van der Waals surface area contributed by atoms with Gasteiger partial charge in [-0.05, 0) is 48.7 Å². The van der Waals surface area contributed by atoms with Crippen LogP contribution in [0.1, 0.15) is 30.9 Å². The predicted octanol–water partition coefficient (Wildman–Crippen LogP) is 4.89. The summed E-state index contributed by atoms with van der Waals surface area (Å²) in [4.78, 5) is 33.4. The fourth-order valence-corrected chi connectivity index (χ4v) is 5.06.